The van der Waals surface area contributed by atoms with Gasteiger partial charge in [0.2, 0.25) is 11.8 Å². The van der Waals surface area contributed by atoms with Gasteiger partial charge in [0.15, 0.2) is 0 Å². The Morgan fingerprint density at radius 2 is 2.12 bits per heavy atom. The molecule has 2 amide bonds. The van der Waals surface area contributed by atoms with Crippen LogP contribution in [0.2, 0.25) is 0 Å². The third-order valence-corrected chi connectivity index (χ3v) is 3.82. The van der Waals surface area contributed by atoms with Crippen LogP contribution in [0.15, 0.2) is 0 Å². The van der Waals surface area contributed by atoms with E-state index in [-0.39, 0.29) is 24.4 Å². The highest BCUT2D eigenvalue weighted by Crippen LogP contribution is 2.50. The van der Waals surface area contributed by atoms with Crippen LogP contribution in [0.3, 0.4) is 0 Å². The molecule has 1 saturated heterocycles. The Hall–Kier alpha value is -1.06. The summed E-state index contributed by atoms with van der Waals surface area (Å²) >= 11 is 0. The van der Waals surface area contributed by atoms with E-state index < -0.39 is 0 Å². The lowest BCUT2D eigenvalue weighted by Crippen LogP contribution is -2.58. The third-order valence-electron chi connectivity index (χ3n) is 3.82. The Balaban J connectivity index is 2.01. The van der Waals surface area contributed by atoms with E-state index in [9.17, 15) is 9.59 Å². The minimum absolute atomic E-state index is 0.0214. The first kappa shape index (κ1) is 11.4. The molecule has 0 aromatic heterocycles. The molecule has 1 atom stereocenters. The van der Waals surface area contributed by atoms with Crippen molar-refractivity contribution in [3.63, 3.8) is 0 Å². The van der Waals surface area contributed by atoms with Gasteiger partial charge < -0.3 is 10.2 Å². The SMILES string of the molecule is CCCC1(CN2C(=O)CNC(=O)C2C)CC1. The summed E-state index contributed by atoms with van der Waals surface area (Å²) in [6.45, 7) is 4.93. The van der Waals surface area contributed by atoms with Gasteiger partial charge >= 0.3 is 0 Å². The molecule has 0 aromatic carbocycles. The van der Waals surface area contributed by atoms with Crippen molar-refractivity contribution in [2.45, 2.75) is 45.6 Å². The highest BCUT2D eigenvalue weighted by atomic mass is 16.2. The highest BCUT2D eigenvalue weighted by molar-refractivity contribution is 5.94. The van der Waals surface area contributed by atoms with Crippen LogP contribution in [0.4, 0.5) is 0 Å². The zero-order valence-electron chi connectivity index (χ0n) is 10.1. The first-order valence-corrected chi connectivity index (χ1v) is 6.15. The van der Waals surface area contributed by atoms with Crippen LogP contribution in [0.5, 0.6) is 0 Å². The van der Waals surface area contributed by atoms with E-state index in [4.69, 9.17) is 0 Å². The van der Waals surface area contributed by atoms with E-state index in [1.165, 1.54) is 19.3 Å². The van der Waals surface area contributed by atoms with Gasteiger partial charge in [-0.25, -0.2) is 0 Å². The Bertz CT molecular complexity index is 310. The zero-order chi connectivity index (χ0) is 11.8. The summed E-state index contributed by atoms with van der Waals surface area (Å²) in [6, 6.07) is -0.296. The maximum Gasteiger partial charge on any atom is 0.242 e. The topological polar surface area (TPSA) is 49.4 Å². The largest absolute Gasteiger partial charge is 0.345 e. The number of carbonyl (C=O) groups is 2. The fraction of sp³-hybridized carbons (Fsp3) is 0.833. The van der Waals surface area contributed by atoms with Crippen molar-refractivity contribution < 1.29 is 9.59 Å². The molecule has 0 spiro atoms. The lowest BCUT2D eigenvalue weighted by Gasteiger charge is -2.35. The number of nitrogens with one attached hydrogen (secondary N) is 1. The predicted molar refractivity (Wildman–Crippen MR) is 60.8 cm³/mol. The maximum atomic E-state index is 11.8. The van der Waals surface area contributed by atoms with Gasteiger partial charge in [0.25, 0.3) is 0 Å². The van der Waals surface area contributed by atoms with E-state index in [1.54, 1.807) is 4.90 Å². The van der Waals surface area contributed by atoms with Crippen LogP contribution < -0.4 is 5.32 Å². The van der Waals surface area contributed by atoms with Crippen LogP contribution >= 0.6 is 0 Å². The molecule has 1 unspecified atom stereocenters. The fourth-order valence-corrected chi connectivity index (χ4v) is 2.55. The number of rotatable bonds is 4. The second-order valence-corrected chi connectivity index (χ2v) is 5.17. The second-order valence-electron chi connectivity index (χ2n) is 5.17. The van der Waals surface area contributed by atoms with Gasteiger partial charge in [0.1, 0.15) is 6.04 Å². The van der Waals surface area contributed by atoms with Crippen molar-refractivity contribution in [1.29, 1.82) is 0 Å². The van der Waals surface area contributed by atoms with E-state index in [2.05, 4.69) is 12.2 Å². The van der Waals surface area contributed by atoms with Gasteiger partial charge in [-0.3, -0.25) is 9.59 Å². The summed E-state index contributed by atoms with van der Waals surface area (Å²) in [7, 11) is 0. The number of nitrogens with zero attached hydrogens (tertiary/aromatic N) is 1. The molecular weight excluding hydrogens is 204 g/mol. The first-order chi connectivity index (χ1) is 7.58. The van der Waals surface area contributed by atoms with Crippen molar-refractivity contribution >= 4 is 11.8 Å². The van der Waals surface area contributed by atoms with E-state index in [0.29, 0.717) is 5.41 Å². The number of carbonyl (C=O) groups excluding carboxylic acids is 2. The minimum atomic E-state index is -0.296. The lowest BCUT2D eigenvalue weighted by atomic mass is 9.98. The van der Waals surface area contributed by atoms with Crippen LogP contribution in [0, 0.1) is 5.41 Å². The molecule has 2 fully saturated rings. The third kappa shape index (κ3) is 2.06. The summed E-state index contributed by atoms with van der Waals surface area (Å²) in [6.07, 6.45) is 4.74. The second kappa shape index (κ2) is 4.07. The monoisotopic (exact) mass is 224 g/mol. The molecule has 1 heterocycles. The molecule has 1 saturated carbocycles. The number of piperazine rings is 1. The summed E-state index contributed by atoms with van der Waals surface area (Å²) in [5, 5.41) is 2.62. The molecular formula is C12H20N2O2. The molecule has 1 aliphatic carbocycles. The zero-order valence-corrected chi connectivity index (χ0v) is 10.1. The maximum absolute atomic E-state index is 11.8. The smallest absolute Gasteiger partial charge is 0.242 e. The molecule has 2 rings (SSSR count). The normalized spacial score (nSPS) is 27.9. The summed E-state index contributed by atoms with van der Waals surface area (Å²) in [5.41, 5.74) is 0.330. The molecule has 16 heavy (non-hydrogen) atoms. The quantitative estimate of drug-likeness (QED) is 0.771. The Kier molecular flexibility index (Phi) is 2.91. The summed E-state index contributed by atoms with van der Waals surface area (Å²) in [5.74, 6) is 0.0429. The average Bonchev–Trinajstić information content (AvgIpc) is 3.00. The van der Waals surface area contributed by atoms with Gasteiger partial charge in [-0.2, -0.15) is 0 Å². The standard InChI is InChI=1S/C12H20N2O2/c1-3-4-12(5-6-12)8-14-9(2)11(16)13-7-10(14)15/h9H,3-8H2,1-2H3,(H,13,16). The van der Waals surface area contributed by atoms with Gasteiger partial charge in [-0.15, -0.1) is 0 Å². The highest BCUT2D eigenvalue weighted by Gasteiger charge is 2.46. The van der Waals surface area contributed by atoms with Gasteiger partial charge in [0.05, 0.1) is 6.54 Å². The van der Waals surface area contributed by atoms with Crippen molar-refractivity contribution in [1.82, 2.24) is 10.2 Å². The van der Waals surface area contributed by atoms with E-state index in [1.807, 2.05) is 6.92 Å². The van der Waals surface area contributed by atoms with Crippen molar-refractivity contribution in [3.05, 3.63) is 0 Å². The molecule has 90 valence electrons. The van der Waals surface area contributed by atoms with Crippen molar-refractivity contribution in [3.8, 4) is 0 Å². The summed E-state index contributed by atoms with van der Waals surface area (Å²) in [4.78, 5) is 25.0. The Morgan fingerprint density at radius 1 is 1.44 bits per heavy atom. The number of amides is 2. The molecule has 0 aromatic rings. The fourth-order valence-electron chi connectivity index (χ4n) is 2.55. The number of hydrogen-bond donors (Lipinski definition) is 1. The van der Waals surface area contributed by atoms with Gasteiger partial charge in [0, 0.05) is 6.54 Å². The Morgan fingerprint density at radius 3 is 2.69 bits per heavy atom. The molecule has 2 aliphatic rings. The van der Waals surface area contributed by atoms with Gasteiger partial charge in [-0.05, 0) is 31.6 Å². The lowest BCUT2D eigenvalue weighted by molar-refractivity contribution is -0.145. The van der Waals surface area contributed by atoms with E-state index in [0.717, 1.165) is 13.0 Å². The van der Waals surface area contributed by atoms with E-state index >= 15 is 0 Å². The minimum Gasteiger partial charge on any atom is -0.345 e. The number of hydrogen-bond acceptors (Lipinski definition) is 2. The summed E-state index contributed by atoms with van der Waals surface area (Å²) < 4.78 is 0. The molecule has 1 aliphatic heterocycles. The van der Waals surface area contributed by atoms with Crippen LogP contribution in [0.1, 0.15) is 39.5 Å². The predicted octanol–water partition coefficient (Wildman–Crippen LogP) is 0.914. The molecule has 4 heteroatoms. The van der Waals surface area contributed by atoms with Gasteiger partial charge in [-0.1, -0.05) is 13.3 Å². The first-order valence-electron chi connectivity index (χ1n) is 6.15. The van der Waals surface area contributed by atoms with Crippen molar-refractivity contribution in [2.24, 2.45) is 5.41 Å². The average molecular weight is 224 g/mol. The van der Waals surface area contributed by atoms with Crippen LogP contribution in [-0.2, 0) is 9.59 Å². The van der Waals surface area contributed by atoms with Crippen molar-refractivity contribution in [2.75, 3.05) is 13.1 Å². The molecule has 0 radical (unpaired) electrons. The molecule has 4 nitrogen and oxygen atoms in total. The molecule has 1 N–H and O–H groups in total. The van der Waals surface area contributed by atoms with Crippen LogP contribution in [0.25, 0.3) is 0 Å². The molecule has 0 bridgehead atoms. The Labute approximate surface area is 96.4 Å². The van der Waals surface area contributed by atoms with Crippen LogP contribution in [-0.4, -0.2) is 35.8 Å².